The molecule has 0 spiro atoms. The van der Waals surface area contributed by atoms with E-state index in [0.29, 0.717) is 0 Å². The van der Waals surface area contributed by atoms with Gasteiger partial charge in [0.05, 0.1) is 13.5 Å². The summed E-state index contributed by atoms with van der Waals surface area (Å²) in [7, 11) is 1.25. The third kappa shape index (κ3) is 3.37. The molecule has 7 nitrogen and oxygen atoms in total. The van der Waals surface area contributed by atoms with Crippen molar-refractivity contribution in [2.45, 2.75) is 38.0 Å². The van der Waals surface area contributed by atoms with Gasteiger partial charge in [0.25, 0.3) is 5.54 Å². The molecule has 0 saturated carbocycles. The Morgan fingerprint density at radius 3 is 2.35 bits per heavy atom. The third-order valence-corrected chi connectivity index (χ3v) is 2.79. The first kappa shape index (κ1) is 13.9. The molecule has 0 aromatic carbocycles. The molecule has 7 heteroatoms. The van der Waals surface area contributed by atoms with Crippen molar-refractivity contribution in [1.82, 2.24) is 0 Å². The number of nitro groups is 1. The van der Waals surface area contributed by atoms with Gasteiger partial charge in [-0.15, -0.1) is 0 Å². The quantitative estimate of drug-likeness (QED) is 0.413. The minimum atomic E-state index is -1.36. The zero-order valence-electron chi connectivity index (χ0n) is 10.2. The van der Waals surface area contributed by atoms with Gasteiger partial charge < -0.3 is 14.2 Å². The topological polar surface area (TPSA) is 87.9 Å². The lowest BCUT2D eigenvalue weighted by atomic mass is 9.95. The van der Waals surface area contributed by atoms with Gasteiger partial charge in [-0.25, -0.2) is 0 Å². The molecule has 0 radical (unpaired) electrons. The Bertz CT molecular complexity index is 304. The fourth-order valence-corrected chi connectivity index (χ4v) is 1.48. The first-order chi connectivity index (χ1) is 7.81. The molecule has 0 unspecified atom stereocenters. The van der Waals surface area contributed by atoms with E-state index >= 15 is 0 Å². The summed E-state index contributed by atoms with van der Waals surface area (Å²) >= 11 is 0. The second kappa shape index (κ2) is 4.97. The molecule has 98 valence electrons. The van der Waals surface area contributed by atoms with Crippen molar-refractivity contribution in [1.29, 1.82) is 0 Å². The number of hydrogen-bond donors (Lipinski definition) is 0. The van der Waals surface area contributed by atoms with E-state index in [4.69, 9.17) is 9.47 Å². The minimum absolute atomic E-state index is 0.0232. The molecule has 1 aliphatic rings. The van der Waals surface area contributed by atoms with Crippen LogP contribution in [0, 0.1) is 10.1 Å². The molecule has 0 amide bonds. The van der Waals surface area contributed by atoms with Gasteiger partial charge in [-0.2, -0.15) is 0 Å². The Morgan fingerprint density at radius 1 is 1.41 bits per heavy atom. The first-order valence-electron chi connectivity index (χ1n) is 5.31. The first-order valence-corrected chi connectivity index (χ1v) is 5.31. The summed E-state index contributed by atoms with van der Waals surface area (Å²) in [6.07, 6.45) is 0.0212. The maximum Gasteiger partial charge on any atom is 0.305 e. The highest BCUT2D eigenvalue weighted by Crippen LogP contribution is 2.29. The number of nitrogens with zero attached hydrogens (tertiary/aromatic N) is 1. The highest BCUT2D eigenvalue weighted by Gasteiger charge is 2.50. The van der Waals surface area contributed by atoms with Crippen molar-refractivity contribution in [2.24, 2.45) is 0 Å². The lowest BCUT2D eigenvalue weighted by molar-refractivity contribution is -0.596. The monoisotopic (exact) mass is 247 g/mol. The summed E-state index contributed by atoms with van der Waals surface area (Å²) in [5.41, 5.74) is -1.36. The maximum absolute atomic E-state index is 11.1. The fraction of sp³-hybridized carbons (Fsp3) is 0.900. The van der Waals surface area contributed by atoms with E-state index in [-0.39, 0.29) is 26.1 Å². The molecule has 1 aliphatic heterocycles. The number of methoxy groups -OCH3 is 1. The van der Waals surface area contributed by atoms with E-state index < -0.39 is 22.2 Å². The predicted molar refractivity (Wildman–Crippen MR) is 57.0 cm³/mol. The average molecular weight is 247 g/mol. The Hall–Kier alpha value is -1.21. The van der Waals surface area contributed by atoms with E-state index in [0.717, 1.165) is 0 Å². The summed E-state index contributed by atoms with van der Waals surface area (Å²) in [6.45, 7) is 3.25. The van der Waals surface area contributed by atoms with Crippen molar-refractivity contribution < 1.29 is 23.9 Å². The van der Waals surface area contributed by atoms with Crippen molar-refractivity contribution >= 4 is 5.97 Å². The van der Waals surface area contributed by atoms with E-state index in [9.17, 15) is 14.9 Å². The van der Waals surface area contributed by atoms with Crippen LogP contribution >= 0.6 is 0 Å². The second-order valence-electron chi connectivity index (χ2n) is 4.53. The van der Waals surface area contributed by atoms with Crippen LogP contribution < -0.4 is 0 Å². The van der Waals surface area contributed by atoms with Gasteiger partial charge in [0.2, 0.25) is 0 Å². The van der Waals surface area contributed by atoms with Crippen LogP contribution in [0.4, 0.5) is 0 Å². The largest absolute Gasteiger partial charge is 0.469 e. The van der Waals surface area contributed by atoms with Gasteiger partial charge in [-0.05, 0) is 13.8 Å². The molecule has 0 atom stereocenters. The molecule has 0 aromatic heterocycles. The molecular weight excluding hydrogens is 230 g/mol. The highest BCUT2D eigenvalue weighted by molar-refractivity contribution is 5.69. The number of ether oxygens (including phenoxy) is 3. The predicted octanol–water partition coefficient (Wildman–Crippen LogP) is 0.738. The average Bonchev–Trinajstić information content (AvgIpc) is 2.27. The summed E-state index contributed by atoms with van der Waals surface area (Å²) in [5, 5.41) is 11.1. The summed E-state index contributed by atoms with van der Waals surface area (Å²) < 4.78 is 15.0. The Labute approximate surface area is 99.2 Å². The maximum atomic E-state index is 11.1. The molecule has 1 rings (SSSR count). The molecule has 1 heterocycles. The van der Waals surface area contributed by atoms with Crippen LogP contribution in [-0.2, 0) is 19.0 Å². The number of rotatable bonds is 4. The van der Waals surface area contributed by atoms with Gasteiger partial charge in [0, 0.05) is 11.3 Å². The van der Waals surface area contributed by atoms with Gasteiger partial charge in [-0.3, -0.25) is 14.9 Å². The Balaban J connectivity index is 2.66. The van der Waals surface area contributed by atoms with E-state index in [1.54, 1.807) is 13.8 Å². The lowest BCUT2D eigenvalue weighted by Gasteiger charge is -2.37. The fourth-order valence-electron chi connectivity index (χ4n) is 1.48. The summed E-state index contributed by atoms with van der Waals surface area (Å²) in [5.74, 6) is -1.29. The van der Waals surface area contributed by atoms with Crippen LogP contribution in [-0.4, -0.2) is 42.5 Å². The Kier molecular flexibility index (Phi) is 4.05. The highest BCUT2D eigenvalue weighted by atomic mass is 16.7. The lowest BCUT2D eigenvalue weighted by Crippen LogP contribution is -2.56. The van der Waals surface area contributed by atoms with Crippen LogP contribution in [0.3, 0.4) is 0 Å². The van der Waals surface area contributed by atoms with Crippen LogP contribution in [0.2, 0.25) is 0 Å². The second-order valence-corrected chi connectivity index (χ2v) is 4.53. The van der Waals surface area contributed by atoms with Crippen molar-refractivity contribution in [3.8, 4) is 0 Å². The van der Waals surface area contributed by atoms with Crippen LogP contribution in [0.5, 0.6) is 0 Å². The molecule has 1 fully saturated rings. The van der Waals surface area contributed by atoms with Crippen molar-refractivity contribution in [2.75, 3.05) is 20.3 Å². The molecule has 17 heavy (non-hydrogen) atoms. The zero-order valence-corrected chi connectivity index (χ0v) is 10.2. The van der Waals surface area contributed by atoms with Crippen molar-refractivity contribution in [3.05, 3.63) is 10.1 Å². The number of carbonyl (C=O) groups is 1. The zero-order chi connectivity index (χ0) is 13.1. The minimum Gasteiger partial charge on any atom is -0.469 e. The van der Waals surface area contributed by atoms with Gasteiger partial charge in [0.1, 0.15) is 13.2 Å². The third-order valence-electron chi connectivity index (χ3n) is 2.79. The molecule has 0 aliphatic carbocycles. The van der Waals surface area contributed by atoms with Crippen LogP contribution in [0.25, 0.3) is 0 Å². The molecule has 0 N–H and O–H groups in total. The Morgan fingerprint density at radius 2 is 1.94 bits per heavy atom. The van der Waals surface area contributed by atoms with Crippen LogP contribution in [0.15, 0.2) is 0 Å². The van der Waals surface area contributed by atoms with Gasteiger partial charge in [0.15, 0.2) is 5.79 Å². The number of hydrogen-bond acceptors (Lipinski definition) is 6. The summed E-state index contributed by atoms with van der Waals surface area (Å²) in [4.78, 5) is 21.7. The van der Waals surface area contributed by atoms with E-state index in [2.05, 4.69) is 4.74 Å². The molecule has 0 aromatic rings. The smallest absolute Gasteiger partial charge is 0.305 e. The van der Waals surface area contributed by atoms with E-state index in [1.165, 1.54) is 7.11 Å². The molecule has 1 saturated heterocycles. The summed E-state index contributed by atoms with van der Waals surface area (Å²) in [6, 6.07) is 0. The standard InChI is InChI=1S/C10H17NO6/c1-9(2)16-6-10(7-17-9,11(13)14)5-4-8(12)15-3/h4-7H2,1-3H3. The van der Waals surface area contributed by atoms with Crippen molar-refractivity contribution in [3.63, 3.8) is 0 Å². The van der Waals surface area contributed by atoms with Gasteiger partial charge >= 0.3 is 5.97 Å². The normalized spacial score (nSPS) is 21.8. The molecular formula is C10H17NO6. The number of esters is 1. The van der Waals surface area contributed by atoms with E-state index in [1.807, 2.05) is 0 Å². The molecule has 0 bridgehead atoms. The van der Waals surface area contributed by atoms with Crippen LogP contribution in [0.1, 0.15) is 26.7 Å². The number of carbonyl (C=O) groups excluding carboxylic acids is 1. The SMILES string of the molecule is COC(=O)CCC1([N+](=O)[O-])COC(C)(C)OC1. The van der Waals surface area contributed by atoms with Gasteiger partial charge in [-0.1, -0.05) is 0 Å².